The van der Waals surface area contributed by atoms with E-state index in [0.29, 0.717) is 6.61 Å². The average molecular weight is 231 g/mol. The lowest BCUT2D eigenvalue weighted by molar-refractivity contribution is 0.340. The van der Waals surface area contributed by atoms with Crippen molar-refractivity contribution in [2.45, 2.75) is 19.4 Å². The molecule has 0 spiro atoms. The van der Waals surface area contributed by atoms with Crippen LogP contribution < -0.4 is 10.5 Å². The molecule has 1 aromatic carbocycles. The minimum atomic E-state index is -0.0945. The number of ether oxygens (including phenoxy) is 1. The summed E-state index contributed by atoms with van der Waals surface area (Å²) < 4.78 is 10.7. The van der Waals surface area contributed by atoms with Crippen LogP contribution in [0.25, 0.3) is 0 Å². The summed E-state index contributed by atoms with van der Waals surface area (Å²) in [5, 5.41) is 0. The van der Waals surface area contributed by atoms with Gasteiger partial charge in [-0.1, -0.05) is 12.1 Å². The molecule has 0 aliphatic heterocycles. The maximum absolute atomic E-state index is 6.04. The second-order valence-electron chi connectivity index (χ2n) is 3.90. The molecule has 1 unspecified atom stereocenters. The van der Waals surface area contributed by atoms with Crippen molar-refractivity contribution in [3.63, 3.8) is 0 Å². The lowest BCUT2D eigenvalue weighted by Gasteiger charge is -2.09. The molecule has 0 aliphatic carbocycles. The van der Waals surface area contributed by atoms with Crippen molar-refractivity contribution < 1.29 is 9.15 Å². The Balaban J connectivity index is 1.99. The Bertz CT molecular complexity index is 434. The molecule has 0 bridgehead atoms. The molecule has 90 valence electrons. The Morgan fingerprint density at radius 3 is 2.59 bits per heavy atom. The normalized spacial score (nSPS) is 12.4. The summed E-state index contributed by atoms with van der Waals surface area (Å²) in [4.78, 5) is 0. The summed E-state index contributed by atoms with van der Waals surface area (Å²) in [5.74, 6) is 1.71. The fourth-order valence-electron chi connectivity index (χ4n) is 1.75. The van der Waals surface area contributed by atoms with Crippen molar-refractivity contribution >= 4 is 0 Å². The van der Waals surface area contributed by atoms with E-state index in [1.807, 2.05) is 43.3 Å². The minimum absolute atomic E-state index is 0.0945. The van der Waals surface area contributed by atoms with Gasteiger partial charge in [-0.15, -0.1) is 0 Å². The molecule has 0 saturated carbocycles. The number of hydrogen-bond donors (Lipinski definition) is 1. The smallest absolute Gasteiger partial charge is 0.120 e. The van der Waals surface area contributed by atoms with E-state index in [0.717, 1.165) is 17.9 Å². The summed E-state index contributed by atoms with van der Waals surface area (Å²) in [6, 6.07) is 11.7. The largest absolute Gasteiger partial charge is 0.494 e. The van der Waals surface area contributed by atoms with Crippen LogP contribution in [0.1, 0.15) is 24.3 Å². The van der Waals surface area contributed by atoms with Gasteiger partial charge in [0.15, 0.2) is 0 Å². The Kier molecular flexibility index (Phi) is 3.83. The number of benzene rings is 1. The van der Waals surface area contributed by atoms with Crippen LogP contribution in [0.15, 0.2) is 47.1 Å². The zero-order valence-corrected chi connectivity index (χ0v) is 9.93. The van der Waals surface area contributed by atoms with Gasteiger partial charge in [0, 0.05) is 0 Å². The average Bonchev–Trinajstić information content (AvgIpc) is 2.86. The van der Waals surface area contributed by atoms with Crippen molar-refractivity contribution in [2.24, 2.45) is 5.73 Å². The summed E-state index contributed by atoms with van der Waals surface area (Å²) in [6.45, 7) is 2.66. The Morgan fingerprint density at radius 1 is 1.24 bits per heavy atom. The Hall–Kier alpha value is -1.74. The van der Waals surface area contributed by atoms with E-state index in [4.69, 9.17) is 14.9 Å². The summed E-state index contributed by atoms with van der Waals surface area (Å²) in [7, 11) is 0. The highest BCUT2D eigenvalue weighted by Gasteiger charge is 2.09. The second-order valence-corrected chi connectivity index (χ2v) is 3.90. The van der Waals surface area contributed by atoms with Crippen molar-refractivity contribution in [3.05, 3.63) is 54.0 Å². The van der Waals surface area contributed by atoms with Crippen LogP contribution in [-0.2, 0) is 6.42 Å². The van der Waals surface area contributed by atoms with Gasteiger partial charge in [-0.2, -0.15) is 0 Å². The van der Waals surface area contributed by atoms with Gasteiger partial charge in [0.25, 0.3) is 0 Å². The highest BCUT2D eigenvalue weighted by molar-refractivity contribution is 5.28. The molecule has 0 saturated heterocycles. The molecular weight excluding hydrogens is 214 g/mol. The van der Waals surface area contributed by atoms with Crippen molar-refractivity contribution in [1.29, 1.82) is 0 Å². The van der Waals surface area contributed by atoms with Gasteiger partial charge in [-0.05, 0) is 43.2 Å². The number of hydrogen-bond acceptors (Lipinski definition) is 3. The first-order valence-corrected chi connectivity index (χ1v) is 5.80. The topological polar surface area (TPSA) is 48.4 Å². The monoisotopic (exact) mass is 231 g/mol. The fourth-order valence-corrected chi connectivity index (χ4v) is 1.75. The lowest BCUT2D eigenvalue weighted by Crippen LogP contribution is -2.12. The van der Waals surface area contributed by atoms with E-state index in [-0.39, 0.29) is 6.04 Å². The molecule has 0 aliphatic rings. The highest BCUT2D eigenvalue weighted by Crippen LogP contribution is 2.18. The first-order valence-electron chi connectivity index (χ1n) is 5.80. The zero-order valence-electron chi connectivity index (χ0n) is 9.93. The summed E-state index contributed by atoms with van der Waals surface area (Å²) in [5.41, 5.74) is 7.22. The van der Waals surface area contributed by atoms with E-state index in [9.17, 15) is 0 Å². The quantitative estimate of drug-likeness (QED) is 0.860. The van der Waals surface area contributed by atoms with Crippen LogP contribution in [0.3, 0.4) is 0 Å². The standard InChI is InChI=1S/C14H17NO2/c1-2-16-12-7-5-11(6-8-12)10-13(15)14-4-3-9-17-14/h3-9,13H,2,10,15H2,1H3. The molecule has 2 N–H and O–H groups in total. The van der Waals surface area contributed by atoms with E-state index in [2.05, 4.69) is 0 Å². The van der Waals surface area contributed by atoms with Crippen LogP contribution in [0.5, 0.6) is 5.75 Å². The van der Waals surface area contributed by atoms with Gasteiger partial charge < -0.3 is 14.9 Å². The zero-order chi connectivity index (χ0) is 12.1. The third-order valence-electron chi connectivity index (χ3n) is 2.60. The third kappa shape index (κ3) is 3.11. The van der Waals surface area contributed by atoms with Crippen LogP contribution in [0, 0.1) is 0 Å². The summed E-state index contributed by atoms with van der Waals surface area (Å²) >= 11 is 0. The number of nitrogens with two attached hydrogens (primary N) is 1. The molecule has 1 aromatic heterocycles. The van der Waals surface area contributed by atoms with Crippen LogP contribution >= 0.6 is 0 Å². The molecule has 3 nitrogen and oxygen atoms in total. The van der Waals surface area contributed by atoms with Crippen molar-refractivity contribution in [2.75, 3.05) is 6.61 Å². The molecule has 1 atom stereocenters. The molecule has 0 radical (unpaired) electrons. The maximum atomic E-state index is 6.04. The molecule has 0 amide bonds. The van der Waals surface area contributed by atoms with Crippen molar-refractivity contribution in [1.82, 2.24) is 0 Å². The maximum Gasteiger partial charge on any atom is 0.120 e. The highest BCUT2D eigenvalue weighted by atomic mass is 16.5. The van der Waals surface area contributed by atoms with Gasteiger partial charge in [0.2, 0.25) is 0 Å². The minimum Gasteiger partial charge on any atom is -0.494 e. The first-order chi connectivity index (χ1) is 8.29. The third-order valence-corrected chi connectivity index (χ3v) is 2.60. The molecular formula is C14H17NO2. The lowest BCUT2D eigenvalue weighted by atomic mass is 10.0. The van der Waals surface area contributed by atoms with E-state index in [1.54, 1.807) is 6.26 Å². The molecule has 2 aromatic rings. The van der Waals surface area contributed by atoms with Gasteiger partial charge in [-0.3, -0.25) is 0 Å². The van der Waals surface area contributed by atoms with Gasteiger partial charge in [-0.25, -0.2) is 0 Å². The second kappa shape index (κ2) is 5.55. The Labute approximate surface area is 101 Å². The van der Waals surface area contributed by atoms with Gasteiger partial charge in [0.05, 0.1) is 18.9 Å². The molecule has 2 rings (SSSR count). The summed E-state index contributed by atoms with van der Waals surface area (Å²) in [6.07, 6.45) is 2.41. The van der Waals surface area contributed by atoms with E-state index < -0.39 is 0 Å². The first kappa shape index (κ1) is 11.7. The molecule has 17 heavy (non-hydrogen) atoms. The van der Waals surface area contributed by atoms with E-state index >= 15 is 0 Å². The van der Waals surface area contributed by atoms with Gasteiger partial charge >= 0.3 is 0 Å². The fraction of sp³-hybridized carbons (Fsp3) is 0.286. The Morgan fingerprint density at radius 2 is 2.00 bits per heavy atom. The van der Waals surface area contributed by atoms with E-state index in [1.165, 1.54) is 5.56 Å². The SMILES string of the molecule is CCOc1ccc(CC(N)c2ccco2)cc1. The van der Waals surface area contributed by atoms with Crippen LogP contribution in [0.4, 0.5) is 0 Å². The van der Waals surface area contributed by atoms with Gasteiger partial charge in [0.1, 0.15) is 11.5 Å². The molecule has 3 heteroatoms. The van der Waals surface area contributed by atoms with Crippen molar-refractivity contribution in [3.8, 4) is 5.75 Å². The number of furan rings is 1. The number of rotatable bonds is 5. The molecule has 1 heterocycles. The molecule has 0 fully saturated rings. The predicted octanol–water partition coefficient (Wildman–Crippen LogP) is 2.92. The van der Waals surface area contributed by atoms with Crippen LogP contribution in [-0.4, -0.2) is 6.61 Å². The predicted molar refractivity (Wildman–Crippen MR) is 67.0 cm³/mol. The van der Waals surface area contributed by atoms with Crippen LogP contribution in [0.2, 0.25) is 0 Å².